The van der Waals surface area contributed by atoms with Gasteiger partial charge in [0.05, 0.1) is 23.5 Å². The Bertz CT molecular complexity index is 1030. The fourth-order valence-corrected chi connectivity index (χ4v) is 3.15. The number of pyridine rings is 1. The summed E-state index contributed by atoms with van der Waals surface area (Å²) in [7, 11) is 0. The van der Waals surface area contributed by atoms with E-state index in [0.29, 0.717) is 12.3 Å². The Hall–Kier alpha value is -3.25. The molecular formula is C24H23FN2O3. The van der Waals surface area contributed by atoms with Gasteiger partial charge in [-0.15, -0.1) is 0 Å². The van der Waals surface area contributed by atoms with E-state index in [1.165, 1.54) is 12.1 Å². The van der Waals surface area contributed by atoms with Crippen molar-refractivity contribution in [1.82, 2.24) is 10.3 Å². The van der Waals surface area contributed by atoms with Crippen molar-refractivity contribution in [2.75, 3.05) is 6.61 Å². The first-order valence-electron chi connectivity index (χ1n) is 9.79. The lowest BCUT2D eigenvalue weighted by atomic mass is 9.92. The first kappa shape index (κ1) is 20.0. The Kier molecular flexibility index (Phi) is 5.50. The fourth-order valence-electron chi connectivity index (χ4n) is 3.15. The van der Waals surface area contributed by atoms with Gasteiger partial charge < -0.3 is 14.8 Å². The van der Waals surface area contributed by atoms with Crippen LogP contribution >= 0.6 is 0 Å². The molecule has 1 saturated heterocycles. The second kappa shape index (κ2) is 8.24. The Morgan fingerprint density at radius 2 is 1.87 bits per heavy atom. The van der Waals surface area contributed by atoms with Gasteiger partial charge in [-0.1, -0.05) is 30.3 Å². The standard InChI is InChI=1S/C24H23FN2O3/c1-24(2,27-23(28)30-14-16-6-4-3-5-7-16)18-12-20(17-8-10-19(25)11-9-17)26-21(13-18)22-15-29-22/h3-13,22H,14-15H2,1-2H3,(H,27,28). The summed E-state index contributed by atoms with van der Waals surface area (Å²) < 4.78 is 24.1. The highest BCUT2D eigenvalue weighted by Crippen LogP contribution is 2.34. The lowest BCUT2D eigenvalue weighted by molar-refractivity contribution is 0.129. The lowest BCUT2D eigenvalue weighted by Crippen LogP contribution is -2.41. The van der Waals surface area contributed by atoms with Crippen LogP contribution in [0.15, 0.2) is 66.7 Å². The van der Waals surface area contributed by atoms with Gasteiger partial charge in [0.2, 0.25) is 0 Å². The molecule has 1 unspecified atom stereocenters. The molecule has 3 aromatic rings. The van der Waals surface area contributed by atoms with Crippen LogP contribution in [0.1, 0.15) is 36.8 Å². The number of ether oxygens (including phenoxy) is 2. The van der Waals surface area contributed by atoms with E-state index in [2.05, 4.69) is 10.3 Å². The van der Waals surface area contributed by atoms with Crippen LogP contribution in [0.25, 0.3) is 11.3 Å². The third kappa shape index (κ3) is 4.83. The molecule has 0 bridgehead atoms. The number of halogens is 1. The van der Waals surface area contributed by atoms with Crippen molar-refractivity contribution in [2.24, 2.45) is 0 Å². The second-order valence-corrected chi connectivity index (χ2v) is 7.81. The van der Waals surface area contributed by atoms with Crippen LogP contribution in [-0.4, -0.2) is 17.7 Å². The predicted molar refractivity (Wildman–Crippen MR) is 111 cm³/mol. The number of nitrogens with one attached hydrogen (secondary N) is 1. The van der Waals surface area contributed by atoms with Gasteiger partial charge in [0.1, 0.15) is 18.5 Å². The zero-order valence-electron chi connectivity index (χ0n) is 16.9. The molecule has 2 aromatic carbocycles. The highest BCUT2D eigenvalue weighted by molar-refractivity contribution is 5.69. The zero-order valence-corrected chi connectivity index (χ0v) is 16.9. The molecule has 154 valence electrons. The summed E-state index contributed by atoms with van der Waals surface area (Å²) in [6.45, 7) is 4.61. The van der Waals surface area contributed by atoms with Crippen LogP contribution in [0.4, 0.5) is 9.18 Å². The van der Waals surface area contributed by atoms with Crippen LogP contribution < -0.4 is 5.32 Å². The minimum Gasteiger partial charge on any atom is -0.445 e. The van der Waals surface area contributed by atoms with Gasteiger partial charge in [-0.25, -0.2) is 14.2 Å². The van der Waals surface area contributed by atoms with Gasteiger partial charge in [0, 0.05) is 5.56 Å². The average molecular weight is 406 g/mol. The second-order valence-electron chi connectivity index (χ2n) is 7.81. The first-order chi connectivity index (χ1) is 14.4. The van der Waals surface area contributed by atoms with Crippen LogP contribution in [0.3, 0.4) is 0 Å². The number of carbonyl (C=O) groups excluding carboxylic acids is 1. The number of aromatic nitrogens is 1. The minimum absolute atomic E-state index is 0.0509. The number of epoxide rings is 1. The highest BCUT2D eigenvalue weighted by atomic mass is 19.1. The highest BCUT2D eigenvalue weighted by Gasteiger charge is 2.31. The molecule has 1 amide bonds. The number of benzene rings is 2. The summed E-state index contributed by atoms with van der Waals surface area (Å²) in [5, 5.41) is 2.93. The smallest absolute Gasteiger partial charge is 0.408 e. The van der Waals surface area contributed by atoms with Crippen LogP contribution in [-0.2, 0) is 21.6 Å². The van der Waals surface area contributed by atoms with Crippen molar-refractivity contribution in [3.05, 3.63) is 89.4 Å². The lowest BCUT2D eigenvalue weighted by Gasteiger charge is -2.27. The SMILES string of the molecule is CC(C)(NC(=O)OCc1ccccc1)c1cc(-c2ccc(F)cc2)nc(C2CO2)c1. The topological polar surface area (TPSA) is 63.8 Å². The van der Waals surface area contributed by atoms with Gasteiger partial charge in [0.25, 0.3) is 0 Å². The molecule has 1 fully saturated rings. The Balaban J connectivity index is 1.54. The van der Waals surface area contributed by atoms with Crippen molar-refractivity contribution in [3.8, 4) is 11.3 Å². The quantitative estimate of drug-likeness (QED) is 0.577. The van der Waals surface area contributed by atoms with E-state index in [9.17, 15) is 9.18 Å². The van der Waals surface area contributed by atoms with E-state index in [4.69, 9.17) is 9.47 Å². The maximum absolute atomic E-state index is 13.3. The van der Waals surface area contributed by atoms with Gasteiger partial charge >= 0.3 is 6.09 Å². The largest absolute Gasteiger partial charge is 0.445 e. The third-order valence-corrected chi connectivity index (χ3v) is 5.00. The van der Waals surface area contributed by atoms with Gasteiger partial charge in [0.15, 0.2) is 0 Å². The number of nitrogens with zero attached hydrogens (tertiary/aromatic N) is 1. The molecule has 2 heterocycles. The van der Waals surface area contributed by atoms with E-state index in [0.717, 1.165) is 22.4 Å². The van der Waals surface area contributed by atoms with Crippen molar-refractivity contribution in [2.45, 2.75) is 32.1 Å². The van der Waals surface area contributed by atoms with Crippen LogP contribution in [0.2, 0.25) is 0 Å². The molecule has 1 N–H and O–H groups in total. The van der Waals surface area contributed by atoms with E-state index in [1.807, 2.05) is 56.3 Å². The summed E-state index contributed by atoms with van der Waals surface area (Å²) in [4.78, 5) is 17.1. The maximum Gasteiger partial charge on any atom is 0.408 e. The third-order valence-electron chi connectivity index (χ3n) is 5.00. The number of alkyl carbamates (subject to hydrolysis) is 1. The number of rotatable bonds is 6. The van der Waals surface area contributed by atoms with E-state index >= 15 is 0 Å². The molecule has 1 aliphatic heterocycles. The molecule has 1 atom stereocenters. The van der Waals surface area contributed by atoms with Crippen molar-refractivity contribution in [1.29, 1.82) is 0 Å². The molecule has 6 heteroatoms. The predicted octanol–water partition coefficient (Wildman–Crippen LogP) is 5.12. The molecule has 5 nitrogen and oxygen atoms in total. The number of hydrogen-bond acceptors (Lipinski definition) is 4. The summed E-state index contributed by atoms with van der Waals surface area (Å²) in [6.07, 6.45) is -0.557. The number of hydrogen-bond donors (Lipinski definition) is 1. The monoisotopic (exact) mass is 406 g/mol. The van der Waals surface area contributed by atoms with Gasteiger partial charge in [-0.2, -0.15) is 0 Å². The summed E-state index contributed by atoms with van der Waals surface area (Å²) >= 11 is 0. The molecule has 1 aliphatic rings. The molecule has 30 heavy (non-hydrogen) atoms. The van der Waals surface area contributed by atoms with Gasteiger partial charge in [-0.05, 0) is 61.4 Å². The molecule has 0 spiro atoms. The van der Waals surface area contributed by atoms with Crippen molar-refractivity contribution in [3.63, 3.8) is 0 Å². The molecule has 0 aliphatic carbocycles. The Morgan fingerprint density at radius 3 is 2.53 bits per heavy atom. The van der Waals surface area contributed by atoms with E-state index in [1.54, 1.807) is 12.1 Å². The van der Waals surface area contributed by atoms with E-state index < -0.39 is 11.6 Å². The van der Waals surface area contributed by atoms with Crippen molar-refractivity contribution >= 4 is 6.09 Å². The Labute approximate surface area is 174 Å². The number of carbonyl (C=O) groups is 1. The molecule has 0 saturated carbocycles. The normalized spacial score (nSPS) is 15.5. The summed E-state index contributed by atoms with van der Waals surface area (Å²) in [5.41, 5.74) is 3.35. The number of amides is 1. The zero-order chi connectivity index (χ0) is 21.1. The average Bonchev–Trinajstić information content (AvgIpc) is 3.58. The van der Waals surface area contributed by atoms with Crippen LogP contribution in [0, 0.1) is 5.82 Å². The van der Waals surface area contributed by atoms with E-state index in [-0.39, 0.29) is 18.5 Å². The fraction of sp³-hybridized carbons (Fsp3) is 0.250. The Morgan fingerprint density at radius 1 is 1.17 bits per heavy atom. The molecule has 0 radical (unpaired) electrons. The first-order valence-corrected chi connectivity index (χ1v) is 9.79. The maximum atomic E-state index is 13.3. The summed E-state index contributed by atoms with van der Waals surface area (Å²) in [6, 6.07) is 19.5. The van der Waals surface area contributed by atoms with Gasteiger partial charge in [-0.3, -0.25) is 0 Å². The molecule has 4 rings (SSSR count). The summed E-state index contributed by atoms with van der Waals surface area (Å²) in [5.74, 6) is -0.302. The molecule has 1 aromatic heterocycles. The van der Waals surface area contributed by atoms with Crippen LogP contribution in [0.5, 0.6) is 0 Å². The van der Waals surface area contributed by atoms with Crippen molar-refractivity contribution < 1.29 is 18.7 Å². The molecular weight excluding hydrogens is 383 g/mol. The minimum atomic E-state index is -0.713.